The zero-order chi connectivity index (χ0) is 10.4. The Bertz CT molecular complexity index is 310. The Hall–Kier alpha value is -0.860. The van der Waals surface area contributed by atoms with E-state index in [2.05, 4.69) is 0 Å². The van der Waals surface area contributed by atoms with Crippen molar-refractivity contribution in [3.63, 3.8) is 0 Å². The zero-order valence-corrected chi connectivity index (χ0v) is 8.88. The third kappa shape index (κ3) is 3.13. The molecule has 0 aliphatic carbocycles. The molecule has 0 unspecified atom stereocenters. The third-order valence-corrected chi connectivity index (χ3v) is 2.33. The molecule has 2 nitrogen and oxygen atoms in total. The molecule has 1 rings (SSSR count). The van der Waals surface area contributed by atoms with Crippen LogP contribution in [0.4, 0.5) is 0 Å². The Morgan fingerprint density at radius 1 is 1.50 bits per heavy atom. The summed E-state index contributed by atoms with van der Waals surface area (Å²) in [4.78, 5) is 10.5. The van der Waals surface area contributed by atoms with Crippen LogP contribution >= 0.6 is 11.6 Å². The fourth-order valence-electron chi connectivity index (χ4n) is 1.24. The fourth-order valence-corrected chi connectivity index (χ4v) is 1.49. The average Bonchev–Trinajstić information content (AvgIpc) is 2.18. The van der Waals surface area contributed by atoms with Crippen LogP contribution in [0, 0.1) is 0 Å². The highest BCUT2D eigenvalue weighted by Gasteiger charge is 2.00. The van der Waals surface area contributed by atoms with Crippen molar-refractivity contribution in [2.45, 2.75) is 12.8 Å². The predicted molar refractivity (Wildman–Crippen MR) is 57.0 cm³/mol. The molecule has 0 atom stereocenters. The van der Waals surface area contributed by atoms with E-state index in [4.69, 9.17) is 16.3 Å². The first-order valence-corrected chi connectivity index (χ1v) is 4.88. The first-order chi connectivity index (χ1) is 6.77. The highest BCUT2D eigenvalue weighted by atomic mass is 35.5. The second kappa shape index (κ2) is 5.78. The number of halogens is 1. The number of carbonyl (C=O) groups excluding carboxylic acids is 1. The Morgan fingerprint density at radius 2 is 2.29 bits per heavy atom. The van der Waals surface area contributed by atoms with Gasteiger partial charge in [0, 0.05) is 19.3 Å². The van der Waals surface area contributed by atoms with E-state index in [0.29, 0.717) is 10.6 Å². The van der Waals surface area contributed by atoms with Gasteiger partial charge in [0.15, 0.2) is 6.29 Å². The maximum atomic E-state index is 10.5. The summed E-state index contributed by atoms with van der Waals surface area (Å²) in [6, 6.07) is 5.50. The van der Waals surface area contributed by atoms with E-state index < -0.39 is 0 Å². The molecule has 0 amide bonds. The number of hydrogen-bond acceptors (Lipinski definition) is 2. The molecule has 14 heavy (non-hydrogen) atoms. The lowest BCUT2D eigenvalue weighted by molar-refractivity contribution is 0.112. The third-order valence-electron chi connectivity index (χ3n) is 2.01. The summed E-state index contributed by atoms with van der Waals surface area (Å²) in [5.74, 6) is 0. The second-order valence-corrected chi connectivity index (χ2v) is 3.48. The topological polar surface area (TPSA) is 26.3 Å². The molecule has 0 aromatic heterocycles. The number of hydrogen-bond donors (Lipinski definition) is 0. The number of rotatable bonds is 5. The van der Waals surface area contributed by atoms with Crippen molar-refractivity contribution in [2.24, 2.45) is 0 Å². The van der Waals surface area contributed by atoms with Crippen molar-refractivity contribution in [1.29, 1.82) is 0 Å². The monoisotopic (exact) mass is 212 g/mol. The van der Waals surface area contributed by atoms with Gasteiger partial charge in [-0.25, -0.2) is 0 Å². The van der Waals surface area contributed by atoms with Crippen molar-refractivity contribution in [2.75, 3.05) is 13.7 Å². The van der Waals surface area contributed by atoms with Crippen molar-refractivity contribution < 1.29 is 9.53 Å². The van der Waals surface area contributed by atoms with Crippen LogP contribution in [-0.4, -0.2) is 20.0 Å². The Morgan fingerprint density at radius 3 is 2.86 bits per heavy atom. The lowest BCUT2D eigenvalue weighted by atomic mass is 10.1. The maximum Gasteiger partial charge on any atom is 0.151 e. The minimum Gasteiger partial charge on any atom is -0.385 e. The lowest BCUT2D eigenvalue weighted by Crippen LogP contribution is -1.93. The van der Waals surface area contributed by atoms with E-state index in [1.165, 1.54) is 0 Å². The van der Waals surface area contributed by atoms with Gasteiger partial charge >= 0.3 is 0 Å². The van der Waals surface area contributed by atoms with Gasteiger partial charge in [0.2, 0.25) is 0 Å². The van der Waals surface area contributed by atoms with Gasteiger partial charge in [-0.05, 0) is 30.5 Å². The van der Waals surface area contributed by atoms with Gasteiger partial charge in [0.25, 0.3) is 0 Å². The van der Waals surface area contributed by atoms with Crippen LogP contribution in [0.25, 0.3) is 0 Å². The molecule has 0 saturated heterocycles. The number of ether oxygens (including phenoxy) is 1. The largest absolute Gasteiger partial charge is 0.385 e. The van der Waals surface area contributed by atoms with Crippen LogP contribution < -0.4 is 0 Å². The van der Waals surface area contributed by atoms with E-state index in [0.717, 1.165) is 31.3 Å². The normalized spacial score (nSPS) is 10.1. The van der Waals surface area contributed by atoms with Crippen LogP contribution in [0.15, 0.2) is 18.2 Å². The predicted octanol–water partition coefficient (Wildman–Crippen LogP) is 2.73. The lowest BCUT2D eigenvalue weighted by Gasteiger charge is -2.02. The van der Waals surface area contributed by atoms with Crippen LogP contribution in [0.2, 0.25) is 5.02 Å². The van der Waals surface area contributed by atoms with E-state index in [1.54, 1.807) is 13.2 Å². The van der Waals surface area contributed by atoms with E-state index in [1.807, 2.05) is 12.1 Å². The minimum absolute atomic E-state index is 0.523. The first kappa shape index (κ1) is 11.2. The Balaban J connectivity index is 2.62. The molecule has 0 saturated carbocycles. The molecule has 0 spiro atoms. The van der Waals surface area contributed by atoms with Gasteiger partial charge in [-0.3, -0.25) is 4.79 Å². The summed E-state index contributed by atoms with van der Waals surface area (Å²) in [7, 11) is 1.68. The SMILES string of the molecule is COCCCc1ccc(C=O)c(Cl)c1. The molecular formula is C11H13ClO2. The molecule has 0 radical (unpaired) electrons. The van der Waals surface area contributed by atoms with Gasteiger partial charge in [-0.15, -0.1) is 0 Å². The zero-order valence-electron chi connectivity index (χ0n) is 8.13. The van der Waals surface area contributed by atoms with E-state index >= 15 is 0 Å². The van der Waals surface area contributed by atoms with Crippen molar-refractivity contribution in [3.05, 3.63) is 34.3 Å². The first-order valence-electron chi connectivity index (χ1n) is 4.50. The Labute approximate surface area is 88.8 Å². The Kier molecular flexibility index (Phi) is 4.63. The molecule has 0 heterocycles. The van der Waals surface area contributed by atoms with Gasteiger partial charge in [0.1, 0.15) is 0 Å². The standard InChI is InChI=1S/C11H13ClO2/c1-14-6-2-3-9-4-5-10(8-13)11(12)7-9/h4-5,7-8H,2-3,6H2,1H3. The number of carbonyl (C=O) groups is 1. The molecule has 3 heteroatoms. The average molecular weight is 213 g/mol. The van der Waals surface area contributed by atoms with Crippen LogP contribution in [0.3, 0.4) is 0 Å². The quantitative estimate of drug-likeness (QED) is 0.554. The van der Waals surface area contributed by atoms with Gasteiger partial charge < -0.3 is 4.74 Å². The second-order valence-electron chi connectivity index (χ2n) is 3.07. The van der Waals surface area contributed by atoms with Crippen LogP contribution in [0.5, 0.6) is 0 Å². The molecular weight excluding hydrogens is 200 g/mol. The molecule has 76 valence electrons. The van der Waals surface area contributed by atoms with E-state index in [9.17, 15) is 4.79 Å². The highest BCUT2D eigenvalue weighted by Crippen LogP contribution is 2.17. The molecule has 1 aromatic rings. The summed E-state index contributed by atoms with van der Waals surface area (Å²) in [6.45, 7) is 0.743. The van der Waals surface area contributed by atoms with E-state index in [-0.39, 0.29) is 0 Å². The fraction of sp³-hybridized carbons (Fsp3) is 0.364. The number of methoxy groups -OCH3 is 1. The molecule has 0 aliphatic rings. The van der Waals surface area contributed by atoms with Crippen molar-refractivity contribution in [1.82, 2.24) is 0 Å². The van der Waals surface area contributed by atoms with Gasteiger partial charge in [-0.2, -0.15) is 0 Å². The molecule has 0 aliphatic heterocycles. The van der Waals surface area contributed by atoms with Gasteiger partial charge in [-0.1, -0.05) is 17.7 Å². The number of aldehydes is 1. The summed E-state index contributed by atoms with van der Waals surface area (Å²) >= 11 is 5.88. The van der Waals surface area contributed by atoms with Gasteiger partial charge in [0.05, 0.1) is 5.02 Å². The summed E-state index contributed by atoms with van der Waals surface area (Å²) < 4.78 is 4.95. The maximum absolute atomic E-state index is 10.5. The van der Waals surface area contributed by atoms with Crippen molar-refractivity contribution in [3.8, 4) is 0 Å². The van der Waals surface area contributed by atoms with Crippen LogP contribution in [0.1, 0.15) is 22.3 Å². The minimum atomic E-state index is 0.523. The molecule has 0 bridgehead atoms. The smallest absolute Gasteiger partial charge is 0.151 e. The highest BCUT2D eigenvalue weighted by molar-refractivity contribution is 6.33. The molecule has 1 aromatic carbocycles. The summed E-state index contributed by atoms with van der Waals surface area (Å²) in [5.41, 5.74) is 1.68. The number of benzene rings is 1. The summed E-state index contributed by atoms with van der Waals surface area (Å²) in [6.07, 6.45) is 2.65. The number of aryl methyl sites for hydroxylation is 1. The van der Waals surface area contributed by atoms with Crippen LogP contribution in [-0.2, 0) is 11.2 Å². The molecule has 0 N–H and O–H groups in total. The molecule has 0 fully saturated rings. The van der Waals surface area contributed by atoms with Crippen molar-refractivity contribution >= 4 is 17.9 Å². The summed E-state index contributed by atoms with van der Waals surface area (Å²) in [5, 5.41) is 0.523.